The summed E-state index contributed by atoms with van der Waals surface area (Å²) in [6.07, 6.45) is 3.98. The largest absolute Gasteiger partial charge is 0.465 e. The molecule has 0 aliphatic carbocycles. The molecule has 3 aromatic rings. The molecular formula is C20H19N3O3. The fourth-order valence-corrected chi connectivity index (χ4v) is 2.66. The number of nitrogens with zero attached hydrogens (tertiary/aromatic N) is 1. The molecule has 1 atom stereocenters. The summed E-state index contributed by atoms with van der Waals surface area (Å²) in [6.45, 7) is 0. The van der Waals surface area contributed by atoms with E-state index in [1.54, 1.807) is 36.7 Å². The number of methoxy groups -OCH3 is 1. The Morgan fingerprint density at radius 1 is 1.08 bits per heavy atom. The number of aromatic nitrogens is 2. The Labute approximate surface area is 151 Å². The van der Waals surface area contributed by atoms with Gasteiger partial charge in [0.15, 0.2) is 0 Å². The second-order valence-corrected chi connectivity index (χ2v) is 5.75. The van der Waals surface area contributed by atoms with E-state index < -0.39 is 5.97 Å². The molecular weight excluding hydrogens is 330 g/mol. The predicted molar refractivity (Wildman–Crippen MR) is 96.7 cm³/mol. The molecule has 0 bridgehead atoms. The second-order valence-electron chi connectivity index (χ2n) is 5.75. The number of aromatic amines is 1. The van der Waals surface area contributed by atoms with Crippen molar-refractivity contribution < 1.29 is 14.3 Å². The summed E-state index contributed by atoms with van der Waals surface area (Å²) in [5.74, 6) is 0.138. The monoisotopic (exact) mass is 349 g/mol. The zero-order valence-corrected chi connectivity index (χ0v) is 14.3. The molecule has 1 amide bonds. The van der Waals surface area contributed by atoms with Gasteiger partial charge in [-0.15, -0.1) is 0 Å². The van der Waals surface area contributed by atoms with Crippen LogP contribution in [-0.2, 0) is 11.2 Å². The van der Waals surface area contributed by atoms with E-state index in [1.165, 1.54) is 7.11 Å². The number of imidazole rings is 1. The summed E-state index contributed by atoms with van der Waals surface area (Å²) in [5, 5.41) is 3.04. The number of carbonyl (C=O) groups is 2. The third-order valence-electron chi connectivity index (χ3n) is 4.03. The van der Waals surface area contributed by atoms with Crippen molar-refractivity contribution in [1.29, 1.82) is 0 Å². The van der Waals surface area contributed by atoms with Gasteiger partial charge in [-0.05, 0) is 29.8 Å². The lowest BCUT2D eigenvalue weighted by Crippen LogP contribution is -2.30. The number of esters is 1. The number of H-pyrrole nitrogens is 1. The van der Waals surface area contributed by atoms with Gasteiger partial charge in [0.25, 0.3) is 5.91 Å². The first-order valence-electron chi connectivity index (χ1n) is 8.20. The Morgan fingerprint density at radius 2 is 1.77 bits per heavy atom. The van der Waals surface area contributed by atoms with E-state index in [0.29, 0.717) is 17.5 Å². The van der Waals surface area contributed by atoms with Gasteiger partial charge in [-0.25, -0.2) is 9.78 Å². The highest BCUT2D eigenvalue weighted by molar-refractivity contribution is 5.96. The Kier molecular flexibility index (Phi) is 5.43. The van der Waals surface area contributed by atoms with Crippen LogP contribution < -0.4 is 5.32 Å². The van der Waals surface area contributed by atoms with Crippen LogP contribution in [0.5, 0.6) is 0 Å². The number of ether oxygens (including phenoxy) is 1. The molecule has 1 unspecified atom stereocenters. The lowest BCUT2D eigenvalue weighted by Gasteiger charge is -2.18. The van der Waals surface area contributed by atoms with Crippen LogP contribution in [0.4, 0.5) is 0 Å². The number of rotatable bonds is 6. The van der Waals surface area contributed by atoms with Gasteiger partial charge in [-0.2, -0.15) is 0 Å². The molecule has 6 nitrogen and oxygen atoms in total. The first-order valence-corrected chi connectivity index (χ1v) is 8.20. The Bertz CT molecular complexity index is 859. The zero-order chi connectivity index (χ0) is 18.4. The second kappa shape index (κ2) is 8.11. The number of hydrogen-bond acceptors (Lipinski definition) is 4. The topological polar surface area (TPSA) is 84.1 Å². The van der Waals surface area contributed by atoms with E-state index in [2.05, 4.69) is 20.0 Å². The van der Waals surface area contributed by atoms with E-state index in [9.17, 15) is 9.59 Å². The van der Waals surface area contributed by atoms with E-state index in [4.69, 9.17) is 0 Å². The molecule has 2 aromatic carbocycles. The molecule has 3 rings (SSSR count). The van der Waals surface area contributed by atoms with Crippen LogP contribution in [0.25, 0.3) is 0 Å². The number of carbonyl (C=O) groups excluding carboxylic acids is 2. The van der Waals surface area contributed by atoms with Crippen LogP contribution in [0, 0.1) is 0 Å². The maximum absolute atomic E-state index is 12.6. The summed E-state index contributed by atoms with van der Waals surface area (Å²) in [4.78, 5) is 31.5. The molecule has 0 saturated heterocycles. The van der Waals surface area contributed by atoms with Crippen LogP contribution >= 0.6 is 0 Å². The van der Waals surface area contributed by atoms with E-state index >= 15 is 0 Å². The summed E-state index contributed by atoms with van der Waals surface area (Å²) < 4.78 is 4.67. The fraction of sp³-hybridized carbons (Fsp3) is 0.150. The first kappa shape index (κ1) is 17.4. The molecule has 1 aromatic heterocycles. The van der Waals surface area contributed by atoms with Gasteiger partial charge in [0.2, 0.25) is 0 Å². The Hall–Kier alpha value is -3.41. The average molecular weight is 349 g/mol. The third-order valence-corrected chi connectivity index (χ3v) is 4.03. The predicted octanol–water partition coefficient (Wildman–Crippen LogP) is 2.91. The molecule has 0 spiro atoms. The fourth-order valence-electron chi connectivity index (χ4n) is 2.66. The van der Waals surface area contributed by atoms with Crippen molar-refractivity contribution in [2.75, 3.05) is 7.11 Å². The molecule has 132 valence electrons. The van der Waals surface area contributed by atoms with Gasteiger partial charge < -0.3 is 15.0 Å². The van der Waals surface area contributed by atoms with Gasteiger partial charge in [0.05, 0.1) is 18.7 Å². The number of benzene rings is 2. The minimum atomic E-state index is -0.433. The molecule has 0 aliphatic rings. The van der Waals surface area contributed by atoms with Crippen molar-refractivity contribution in [3.63, 3.8) is 0 Å². The van der Waals surface area contributed by atoms with Gasteiger partial charge in [-0.3, -0.25) is 4.79 Å². The van der Waals surface area contributed by atoms with Gasteiger partial charge in [-0.1, -0.05) is 30.3 Å². The van der Waals surface area contributed by atoms with Crippen LogP contribution in [0.1, 0.15) is 38.1 Å². The highest BCUT2D eigenvalue weighted by Crippen LogP contribution is 2.18. The molecule has 0 aliphatic heterocycles. The van der Waals surface area contributed by atoms with Gasteiger partial charge >= 0.3 is 5.97 Å². The summed E-state index contributed by atoms with van der Waals surface area (Å²) in [7, 11) is 1.32. The van der Waals surface area contributed by atoms with Crippen molar-refractivity contribution in [3.05, 3.63) is 89.5 Å². The molecule has 0 radical (unpaired) electrons. The van der Waals surface area contributed by atoms with Crippen LogP contribution in [0.3, 0.4) is 0 Å². The number of amides is 1. The van der Waals surface area contributed by atoms with Crippen molar-refractivity contribution >= 4 is 11.9 Å². The van der Waals surface area contributed by atoms with Crippen LogP contribution in [0.2, 0.25) is 0 Å². The average Bonchev–Trinajstić information content (AvgIpc) is 3.20. The summed E-state index contributed by atoms with van der Waals surface area (Å²) in [5.41, 5.74) is 1.86. The molecule has 6 heteroatoms. The molecule has 1 heterocycles. The van der Waals surface area contributed by atoms with Crippen LogP contribution in [0.15, 0.2) is 67.0 Å². The van der Waals surface area contributed by atoms with Gasteiger partial charge in [0.1, 0.15) is 5.82 Å². The normalized spacial score (nSPS) is 11.6. The van der Waals surface area contributed by atoms with Crippen molar-refractivity contribution in [2.45, 2.75) is 12.5 Å². The maximum atomic E-state index is 12.6. The first-order chi connectivity index (χ1) is 12.7. The maximum Gasteiger partial charge on any atom is 0.337 e. The standard InChI is InChI=1S/C20H19N3O3/c1-26-20(25)16-9-7-15(8-10-16)19(24)23-17(13-18-21-11-12-22-18)14-5-3-2-4-6-14/h2-12,17H,13H2,1H3,(H,21,22)(H,23,24). The zero-order valence-electron chi connectivity index (χ0n) is 14.3. The Morgan fingerprint density at radius 3 is 2.38 bits per heavy atom. The Balaban J connectivity index is 1.77. The third kappa shape index (κ3) is 4.16. The lowest BCUT2D eigenvalue weighted by atomic mass is 10.0. The number of hydrogen-bond donors (Lipinski definition) is 2. The van der Waals surface area contributed by atoms with E-state index in [1.807, 2.05) is 30.3 Å². The van der Waals surface area contributed by atoms with E-state index in [0.717, 1.165) is 11.4 Å². The minimum absolute atomic E-state index is 0.221. The summed E-state index contributed by atoms with van der Waals surface area (Å²) >= 11 is 0. The number of nitrogens with one attached hydrogen (secondary N) is 2. The van der Waals surface area contributed by atoms with Crippen molar-refractivity contribution in [2.24, 2.45) is 0 Å². The molecule has 26 heavy (non-hydrogen) atoms. The molecule has 0 saturated carbocycles. The summed E-state index contributed by atoms with van der Waals surface area (Å²) in [6, 6.07) is 15.9. The van der Waals surface area contributed by atoms with Gasteiger partial charge in [0, 0.05) is 24.4 Å². The van der Waals surface area contributed by atoms with E-state index in [-0.39, 0.29) is 11.9 Å². The van der Waals surface area contributed by atoms with Crippen molar-refractivity contribution in [1.82, 2.24) is 15.3 Å². The van der Waals surface area contributed by atoms with Crippen LogP contribution in [-0.4, -0.2) is 29.0 Å². The highest BCUT2D eigenvalue weighted by Gasteiger charge is 2.18. The quantitative estimate of drug-likeness (QED) is 0.670. The SMILES string of the molecule is COC(=O)c1ccc(C(=O)NC(Cc2ncc[nH]2)c2ccccc2)cc1. The molecule has 2 N–H and O–H groups in total. The molecule has 0 fully saturated rings. The minimum Gasteiger partial charge on any atom is -0.465 e. The van der Waals surface area contributed by atoms with Crippen molar-refractivity contribution in [3.8, 4) is 0 Å². The lowest BCUT2D eigenvalue weighted by molar-refractivity contribution is 0.0600. The smallest absolute Gasteiger partial charge is 0.337 e. The highest BCUT2D eigenvalue weighted by atomic mass is 16.5.